The van der Waals surface area contributed by atoms with Crippen LogP contribution in [0, 0.1) is 11.3 Å². The number of likely N-dealkylation sites (tertiary alicyclic amines) is 1. The molecular formula is C24H22F2N6O3. The number of fused-ring (bicyclic) bond motifs is 1. The lowest BCUT2D eigenvalue weighted by atomic mass is 10.1. The van der Waals surface area contributed by atoms with Crippen LogP contribution in [-0.2, 0) is 4.79 Å². The van der Waals surface area contributed by atoms with E-state index in [1.165, 1.54) is 18.5 Å². The Kier molecular flexibility index (Phi) is 6.73. The lowest BCUT2D eigenvalue weighted by Crippen LogP contribution is -2.43. The van der Waals surface area contributed by atoms with Crippen molar-refractivity contribution in [2.45, 2.75) is 25.3 Å². The van der Waals surface area contributed by atoms with Gasteiger partial charge in [0, 0.05) is 48.4 Å². The Balaban J connectivity index is 1.45. The van der Waals surface area contributed by atoms with Crippen molar-refractivity contribution >= 4 is 29.6 Å². The second kappa shape index (κ2) is 9.89. The molecule has 0 spiro atoms. The van der Waals surface area contributed by atoms with Gasteiger partial charge < -0.3 is 19.4 Å². The van der Waals surface area contributed by atoms with Gasteiger partial charge in [-0.3, -0.25) is 14.6 Å². The number of halogens is 2. The summed E-state index contributed by atoms with van der Waals surface area (Å²) < 4.78 is 34.5. The maximum absolute atomic E-state index is 13.6. The van der Waals surface area contributed by atoms with Gasteiger partial charge in [-0.25, -0.2) is 13.8 Å². The lowest BCUT2D eigenvalue weighted by molar-refractivity contribution is -0.131. The Labute approximate surface area is 199 Å². The maximum Gasteiger partial charge on any atom is 0.268 e. The number of imidazole rings is 1. The van der Waals surface area contributed by atoms with Crippen LogP contribution in [0.2, 0.25) is 0 Å². The minimum Gasteiger partial charge on any atom is -0.494 e. The predicted molar refractivity (Wildman–Crippen MR) is 123 cm³/mol. The van der Waals surface area contributed by atoms with E-state index in [1.807, 2.05) is 35.9 Å². The number of alkyl halides is 2. The molecule has 1 aliphatic heterocycles. The van der Waals surface area contributed by atoms with Crippen molar-refractivity contribution in [1.29, 1.82) is 5.26 Å². The Bertz CT molecular complexity index is 1330. The van der Waals surface area contributed by atoms with Gasteiger partial charge in [-0.2, -0.15) is 5.26 Å². The number of hydrogen-bond donors (Lipinski definition) is 1. The topological polar surface area (TPSA) is 113 Å². The summed E-state index contributed by atoms with van der Waals surface area (Å²) in [6, 6.07) is 5.62. The number of pyridine rings is 2. The zero-order valence-electron chi connectivity index (χ0n) is 18.8. The van der Waals surface area contributed by atoms with Crippen LogP contribution in [0.15, 0.2) is 43.0 Å². The third-order valence-corrected chi connectivity index (χ3v) is 5.43. The van der Waals surface area contributed by atoms with Crippen molar-refractivity contribution in [3.8, 4) is 11.8 Å². The molecule has 4 rings (SSSR count). The van der Waals surface area contributed by atoms with Crippen molar-refractivity contribution < 1.29 is 23.1 Å². The molecule has 4 heterocycles. The van der Waals surface area contributed by atoms with Gasteiger partial charge in [-0.15, -0.1) is 0 Å². The van der Waals surface area contributed by atoms with Gasteiger partial charge in [-0.1, -0.05) is 6.08 Å². The summed E-state index contributed by atoms with van der Waals surface area (Å²) in [4.78, 5) is 34.4. The molecule has 0 saturated carbocycles. The summed E-state index contributed by atoms with van der Waals surface area (Å²) in [5.74, 6) is -3.73. The highest BCUT2D eigenvalue weighted by Gasteiger charge is 2.47. The van der Waals surface area contributed by atoms with Crippen LogP contribution in [0.4, 0.5) is 8.78 Å². The zero-order valence-corrected chi connectivity index (χ0v) is 18.8. The number of ether oxygens (including phenoxy) is 1. The van der Waals surface area contributed by atoms with E-state index in [1.54, 1.807) is 18.2 Å². The molecule has 0 bridgehead atoms. The zero-order chi connectivity index (χ0) is 25.0. The van der Waals surface area contributed by atoms with E-state index in [4.69, 9.17) is 10.00 Å². The summed E-state index contributed by atoms with van der Waals surface area (Å²) in [7, 11) is 0. The van der Waals surface area contributed by atoms with Gasteiger partial charge in [0.1, 0.15) is 17.4 Å². The molecule has 0 radical (unpaired) electrons. The Hall–Kier alpha value is -4.33. The molecule has 11 heteroatoms. The molecular weight excluding hydrogens is 458 g/mol. The van der Waals surface area contributed by atoms with E-state index in [2.05, 4.69) is 15.3 Å². The number of rotatable bonds is 7. The fraction of sp³-hybridized carbons (Fsp3) is 0.292. The van der Waals surface area contributed by atoms with Gasteiger partial charge in [0.2, 0.25) is 5.91 Å². The first-order valence-corrected chi connectivity index (χ1v) is 10.9. The summed E-state index contributed by atoms with van der Waals surface area (Å²) in [6.07, 6.45) is 9.24. The quantitative estimate of drug-likeness (QED) is 0.557. The first-order chi connectivity index (χ1) is 16.8. The molecule has 3 aromatic heterocycles. The van der Waals surface area contributed by atoms with E-state index in [0.717, 1.165) is 4.90 Å². The van der Waals surface area contributed by atoms with Crippen molar-refractivity contribution in [3.63, 3.8) is 0 Å². The minimum absolute atomic E-state index is 0.245. The monoisotopic (exact) mass is 480 g/mol. The van der Waals surface area contributed by atoms with Gasteiger partial charge in [0.15, 0.2) is 0 Å². The van der Waals surface area contributed by atoms with Crippen molar-refractivity contribution in [2.24, 2.45) is 0 Å². The molecule has 2 amide bonds. The largest absolute Gasteiger partial charge is 0.494 e. The average Bonchev–Trinajstić information content (AvgIpc) is 3.40. The first kappa shape index (κ1) is 23.8. The van der Waals surface area contributed by atoms with Crippen molar-refractivity contribution in [2.75, 3.05) is 19.7 Å². The molecule has 9 nitrogen and oxygen atoms in total. The Morgan fingerprint density at radius 2 is 2.20 bits per heavy atom. The number of nitrogens with one attached hydrogen (secondary N) is 1. The molecule has 0 aliphatic carbocycles. The predicted octanol–water partition coefficient (Wildman–Crippen LogP) is 2.79. The van der Waals surface area contributed by atoms with E-state index in [-0.39, 0.29) is 5.56 Å². The molecule has 0 aromatic carbocycles. The molecule has 1 N–H and O–H groups in total. The second-order valence-corrected chi connectivity index (χ2v) is 7.93. The molecule has 1 atom stereocenters. The van der Waals surface area contributed by atoms with Crippen LogP contribution in [0.3, 0.4) is 0 Å². The third-order valence-electron chi connectivity index (χ3n) is 5.43. The van der Waals surface area contributed by atoms with Crippen molar-refractivity contribution in [3.05, 3.63) is 59.8 Å². The molecule has 1 unspecified atom stereocenters. The number of nitrogens with zero attached hydrogens (tertiary/aromatic N) is 5. The number of carbonyl (C=O) groups excluding carboxylic acids is 2. The van der Waals surface area contributed by atoms with Gasteiger partial charge in [0.25, 0.3) is 11.8 Å². The van der Waals surface area contributed by atoms with Crippen LogP contribution in [0.25, 0.3) is 17.8 Å². The number of hydrogen-bond acceptors (Lipinski definition) is 6. The standard InChI is InChI=1S/C24H22F2N6O3/c1-2-35-19-6-8-31-14-17(30-21(31)9-19)4-3-16-12-28-7-5-20(16)23(34)29-13-22(33)32-15-24(25,26)10-18(32)11-27/h3-9,12,14,18H,2,10,13,15H2,1H3,(H,29,34). The van der Waals surface area contributed by atoms with Gasteiger partial charge in [0.05, 0.1) is 31.5 Å². The van der Waals surface area contributed by atoms with Crippen molar-refractivity contribution in [1.82, 2.24) is 24.6 Å². The third kappa shape index (κ3) is 5.43. The Morgan fingerprint density at radius 3 is 2.97 bits per heavy atom. The van der Waals surface area contributed by atoms with Crippen LogP contribution in [0.5, 0.6) is 5.75 Å². The summed E-state index contributed by atoms with van der Waals surface area (Å²) >= 11 is 0. The van der Waals surface area contributed by atoms with E-state index in [9.17, 15) is 18.4 Å². The van der Waals surface area contributed by atoms with Gasteiger partial charge in [-0.05, 0) is 25.1 Å². The molecule has 1 aliphatic rings. The normalized spacial score (nSPS) is 17.0. The highest BCUT2D eigenvalue weighted by molar-refractivity contribution is 6.00. The highest BCUT2D eigenvalue weighted by Crippen LogP contribution is 2.31. The summed E-state index contributed by atoms with van der Waals surface area (Å²) in [5, 5.41) is 11.5. The maximum atomic E-state index is 13.6. The highest BCUT2D eigenvalue weighted by atomic mass is 19.3. The molecule has 3 aromatic rings. The molecule has 1 fully saturated rings. The Morgan fingerprint density at radius 1 is 1.37 bits per heavy atom. The number of amides is 2. The van der Waals surface area contributed by atoms with E-state index in [0.29, 0.717) is 29.3 Å². The number of aromatic nitrogens is 3. The fourth-order valence-corrected chi connectivity index (χ4v) is 3.79. The van der Waals surface area contributed by atoms with Gasteiger partial charge >= 0.3 is 0 Å². The minimum atomic E-state index is -3.12. The SMILES string of the molecule is CCOc1ccn2cc(C=Cc3cnccc3C(=O)NCC(=O)N3CC(F)(F)CC3C#N)nc2c1. The lowest BCUT2D eigenvalue weighted by Gasteiger charge is -2.19. The second-order valence-electron chi connectivity index (χ2n) is 7.93. The summed E-state index contributed by atoms with van der Waals surface area (Å²) in [6.45, 7) is 1.10. The van der Waals surface area contributed by atoms with Crippen LogP contribution in [-0.4, -0.2) is 62.7 Å². The van der Waals surface area contributed by atoms with E-state index >= 15 is 0 Å². The number of nitriles is 1. The molecule has 35 heavy (non-hydrogen) atoms. The van der Waals surface area contributed by atoms with Crippen LogP contribution in [0.1, 0.15) is 35.0 Å². The molecule has 1 saturated heterocycles. The first-order valence-electron chi connectivity index (χ1n) is 10.9. The summed E-state index contributed by atoms with van der Waals surface area (Å²) in [5.41, 5.74) is 2.06. The number of carbonyl (C=O) groups is 2. The fourth-order valence-electron chi connectivity index (χ4n) is 3.79. The average molecular weight is 480 g/mol. The van der Waals surface area contributed by atoms with Crippen LogP contribution >= 0.6 is 0 Å². The smallest absolute Gasteiger partial charge is 0.268 e. The molecule has 180 valence electrons. The van der Waals surface area contributed by atoms with E-state index < -0.39 is 43.3 Å². The van der Waals surface area contributed by atoms with Crippen LogP contribution < -0.4 is 10.1 Å².